The molecule has 0 radical (unpaired) electrons. The van der Waals surface area contributed by atoms with Crippen LogP contribution in [0.2, 0.25) is 0 Å². The van der Waals surface area contributed by atoms with Crippen molar-refractivity contribution in [3.8, 4) is 22.8 Å². The van der Waals surface area contributed by atoms with Crippen LogP contribution in [0.3, 0.4) is 0 Å². The molecule has 1 aromatic heterocycles. The summed E-state index contributed by atoms with van der Waals surface area (Å²) < 4.78 is 11.7. The Morgan fingerprint density at radius 2 is 1.73 bits per heavy atom. The van der Waals surface area contributed by atoms with Gasteiger partial charge in [-0.05, 0) is 49.4 Å². The number of ketones is 1. The van der Waals surface area contributed by atoms with Gasteiger partial charge in [0.2, 0.25) is 5.91 Å². The molecule has 3 aromatic rings. The highest BCUT2D eigenvalue weighted by Crippen LogP contribution is 2.31. The molecule has 2 aromatic carbocycles. The van der Waals surface area contributed by atoms with Crippen LogP contribution in [0, 0.1) is 0 Å². The molecule has 0 aliphatic heterocycles. The van der Waals surface area contributed by atoms with Gasteiger partial charge in [-0.25, -0.2) is 4.68 Å². The average Bonchev–Trinajstić information content (AvgIpc) is 2.75. The number of benzene rings is 2. The van der Waals surface area contributed by atoms with Crippen molar-refractivity contribution < 1.29 is 19.1 Å². The van der Waals surface area contributed by atoms with Crippen LogP contribution in [0.5, 0.6) is 11.5 Å². The van der Waals surface area contributed by atoms with Gasteiger partial charge in [0.15, 0.2) is 5.78 Å². The first-order valence-corrected chi connectivity index (χ1v) is 9.12. The van der Waals surface area contributed by atoms with Crippen LogP contribution in [0.15, 0.2) is 59.4 Å². The molecule has 0 saturated heterocycles. The van der Waals surface area contributed by atoms with Gasteiger partial charge < -0.3 is 14.8 Å². The third kappa shape index (κ3) is 4.72. The Morgan fingerprint density at radius 1 is 1.00 bits per heavy atom. The van der Waals surface area contributed by atoms with Crippen molar-refractivity contribution >= 4 is 17.4 Å². The normalized spacial score (nSPS) is 10.4. The van der Waals surface area contributed by atoms with Crippen molar-refractivity contribution in [1.82, 2.24) is 9.78 Å². The SMILES string of the molecule is COc1ccc(-c2ccc(=O)n(CC(=O)Nc3ccc(C(C)=O)cc3)n2)c(OC)c1. The Bertz CT molecular complexity index is 1140. The molecule has 0 unspecified atom stereocenters. The molecule has 0 aliphatic carbocycles. The summed E-state index contributed by atoms with van der Waals surface area (Å²) >= 11 is 0. The Labute approximate surface area is 173 Å². The molecule has 1 heterocycles. The number of Topliss-reactive ketones (excluding diaryl/α,β-unsaturated/α-hetero) is 1. The van der Waals surface area contributed by atoms with Gasteiger partial charge in [-0.3, -0.25) is 14.4 Å². The second kappa shape index (κ2) is 9.04. The van der Waals surface area contributed by atoms with E-state index in [0.29, 0.717) is 34.0 Å². The fourth-order valence-corrected chi connectivity index (χ4v) is 2.84. The predicted octanol–water partition coefficient (Wildman–Crippen LogP) is 2.77. The number of aromatic nitrogens is 2. The molecule has 1 N–H and O–H groups in total. The van der Waals surface area contributed by atoms with E-state index in [-0.39, 0.29) is 12.3 Å². The van der Waals surface area contributed by atoms with Crippen molar-refractivity contribution in [2.24, 2.45) is 0 Å². The van der Waals surface area contributed by atoms with E-state index in [1.54, 1.807) is 55.6 Å². The summed E-state index contributed by atoms with van der Waals surface area (Å²) in [5, 5.41) is 6.99. The molecular formula is C22H21N3O5. The number of hydrogen-bond acceptors (Lipinski definition) is 6. The Morgan fingerprint density at radius 3 is 2.37 bits per heavy atom. The van der Waals surface area contributed by atoms with Crippen molar-refractivity contribution in [1.29, 1.82) is 0 Å². The van der Waals surface area contributed by atoms with E-state index in [1.165, 1.54) is 20.1 Å². The van der Waals surface area contributed by atoms with Crippen LogP contribution < -0.4 is 20.3 Å². The van der Waals surface area contributed by atoms with E-state index in [4.69, 9.17) is 9.47 Å². The molecule has 8 nitrogen and oxygen atoms in total. The van der Waals surface area contributed by atoms with E-state index in [9.17, 15) is 14.4 Å². The lowest BCUT2D eigenvalue weighted by molar-refractivity contribution is -0.117. The zero-order valence-electron chi connectivity index (χ0n) is 16.8. The van der Waals surface area contributed by atoms with E-state index in [0.717, 1.165) is 4.68 Å². The third-order valence-corrected chi connectivity index (χ3v) is 4.42. The highest BCUT2D eigenvalue weighted by molar-refractivity contribution is 5.95. The minimum absolute atomic E-state index is 0.0607. The predicted molar refractivity (Wildman–Crippen MR) is 112 cm³/mol. The fourth-order valence-electron chi connectivity index (χ4n) is 2.84. The van der Waals surface area contributed by atoms with Crippen LogP contribution in [0.4, 0.5) is 5.69 Å². The highest BCUT2D eigenvalue weighted by atomic mass is 16.5. The van der Waals surface area contributed by atoms with Crippen LogP contribution in [-0.4, -0.2) is 35.7 Å². The number of anilines is 1. The maximum Gasteiger partial charge on any atom is 0.267 e. The van der Waals surface area contributed by atoms with Gasteiger partial charge in [0.25, 0.3) is 5.56 Å². The minimum Gasteiger partial charge on any atom is -0.497 e. The number of carbonyl (C=O) groups excluding carboxylic acids is 2. The molecular weight excluding hydrogens is 386 g/mol. The lowest BCUT2D eigenvalue weighted by Gasteiger charge is -2.12. The Kier molecular flexibility index (Phi) is 6.26. The first-order valence-electron chi connectivity index (χ1n) is 9.12. The largest absolute Gasteiger partial charge is 0.497 e. The topological polar surface area (TPSA) is 99.5 Å². The molecule has 1 amide bonds. The smallest absolute Gasteiger partial charge is 0.267 e. The van der Waals surface area contributed by atoms with Crippen molar-refractivity contribution in [2.45, 2.75) is 13.5 Å². The molecule has 0 aliphatic rings. The van der Waals surface area contributed by atoms with Crippen LogP contribution >= 0.6 is 0 Å². The first-order chi connectivity index (χ1) is 14.4. The van der Waals surface area contributed by atoms with Crippen molar-refractivity contribution in [3.05, 3.63) is 70.5 Å². The van der Waals surface area contributed by atoms with E-state index >= 15 is 0 Å². The second-order valence-corrected chi connectivity index (χ2v) is 6.46. The monoisotopic (exact) mass is 407 g/mol. The average molecular weight is 407 g/mol. The maximum atomic E-state index is 12.4. The zero-order chi connectivity index (χ0) is 21.7. The number of nitrogens with one attached hydrogen (secondary N) is 1. The van der Waals surface area contributed by atoms with Crippen molar-refractivity contribution in [3.63, 3.8) is 0 Å². The summed E-state index contributed by atoms with van der Waals surface area (Å²) in [6, 6.07) is 14.7. The number of nitrogens with zero attached hydrogens (tertiary/aromatic N) is 2. The van der Waals surface area contributed by atoms with E-state index in [1.807, 2.05) is 0 Å². The quantitative estimate of drug-likeness (QED) is 0.605. The lowest BCUT2D eigenvalue weighted by atomic mass is 10.1. The molecule has 0 bridgehead atoms. The molecule has 0 spiro atoms. The van der Waals surface area contributed by atoms with Gasteiger partial charge in [-0.15, -0.1) is 0 Å². The lowest BCUT2D eigenvalue weighted by Crippen LogP contribution is -2.29. The molecule has 30 heavy (non-hydrogen) atoms. The van der Waals surface area contributed by atoms with Gasteiger partial charge in [0.1, 0.15) is 18.0 Å². The zero-order valence-corrected chi connectivity index (χ0v) is 16.8. The Balaban J connectivity index is 1.81. The third-order valence-electron chi connectivity index (χ3n) is 4.42. The van der Waals surface area contributed by atoms with Gasteiger partial charge in [-0.2, -0.15) is 5.10 Å². The first kappa shape index (κ1) is 20.8. The highest BCUT2D eigenvalue weighted by Gasteiger charge is 2.12. The summed E-state index contributed by atoms with van der Waals surface area (Å²) in [6.45, 7) is 1.20. The number of rotatable bonds is 7. The molecule has 0 saturated carbocycles. The van der Waals surface area contributed by atoms with Gasteiger partial charge in [0.05, 0.1) is 19.9 Å². The van der Waals surface area contributed by atoms with Crippen LogP contribution in [0.25, 0.3) is 11.3 Å². The summed E-state index contributed by atoms with van der Waals surface area (Å²) in [7, 11) is 3.08. The number of methoxy groups -OCH3 is 2. The number of ether oxygens (including phenoxy) is 2. The van der Waals surface area contributed by atoms with Gasteiger partial charge in [-0.1, -0.05) is 0 Å². The summed E-state index contributed by atoms with van der Waals surface area (Å²) in [5.41, 5.74) is 1.80. The summed E-state index contributed by atoms with van der Waals surface area (Å²) in [5.74, 6) is 0.676. The number of amides is 1. The van der Waals surface area contributed by atoms with E-state index < -0.39 is 11.5 Å². The molecule has 0 atom stereocenters. The summed E-state index contributed by atoms with van der Waals surface area (Å²) in [4.78, 5) is 35.9. The van der Waals surface area contributed by atoms with Crippen LogP contribution in [0.1, 0.15) is 17.3 Å². The van der Waals surface area contributed by atoms with E-state index in [2.05, 4.69) is 10.4 Å². The number of carbonyl (C=O) groups is 2. The Hall–Kier alpha value is -3.94. The number of hydrogen-bond donors (Lipinski definition) is 1. The molecule has 8 heteroatoms. The second-order valence-electron chi connectivity index (χ2n) is 6.46. The minimum atomic E-state index is -0.418. The van der Waals surface area contributed by atoms with Gasteiger partial charge >= 0.3 is 0 Å². The maximum absolute atomic E-state index is 12.4. The molecule has 0 fully saturated rings. The molecule has 154 valence electrons. The summed E-state index contributed by atoms with van der Waals surface area (Å²) in [6.07, 6.45) is 0. The van der Waals surface area contributed by atoms with Gasteiger partial charge in [0, 0.05) is 28.9 Å². The van der Waals surface area contributed by atoms with Crippen molar-refractivity contribution in [2.75, 3.05) is 19.5 Å². The fraction of sp³-hybridized carbons (Fsp3) is 0.182. The molecule has 3 rings (SSSR count). The van der Waals surface area contributed by atoms with Crippen LogP contribution in [-0.2, 0) is 11.3 Å². The standard InChI is InChI=1S/C22H21N3O5/c1-14(26)15-4-6-16(7-5-15)23-21(27)13-25-22(28)11-10-19(24-25)18-9-8-17(29-2)12-20(18)30-3/h4-12H,13H2,1-3H3,(H,23,27).